The summed E-state index contributed by atoms with van der Waals surface area (Å²) in [5.74, 6) is 0. The van der Waals surface area contributed by atoms with Crippen LogP contribution in [0, 0.1) is 0 Å². The molecule has 2 heteroatoms. The van der Waals surface area contributed by atoms with E-state index in [2.05, 4.69) is 11.6 Å². The summed E-state index contributed by atoms with van der Waals surface area (Å²) in [6.07, 6.45) is 1.79. The Balaban J connectivity index is 3.17. The van der Waals surface area contributed by atoms with E-state index in [0.717, 1.165) is 17.0 Å². The summed E-state index contributed by atoms with van der Waals surface area (Å²) in [6, 6.07) is 3.97. The Morgan fingerprint density at radius 1 is 1.50 bits per heavy atom. The van der Waals surface area contributed by atoms with Gasteiger partial charge in [0.25, 0.3) is 0 Å². The van der Waals surface area contributed by atoms with Crippen molar-refractivity contribution < 1.29 is 0 Å². The molecule has 0 saturated carbocycles. The predicted octanol–water partition coefficient (Wildman–Crippen LogP) is 2.18. The van der Waals surface area contributed by atoms with Crippen molar-refractivity contribution in [2.45, 2.75) is 6.92 Å². The largest absolute Gasteiger partial charge is 0.376 e. The molecule has 0 radical (unpaired) electrons. The average Bonchev–Trinajstić information content (AvgIpc) is 2.04. The van der Waals surface area contributed by atoms with E-state index in [1.807, 2.05) is 38.1 Å². The van der Waals surface area contributed by atoms with Crippen LogP contribution in [-0.4, -0.2) is 19.1 Å². The first kappa shape index (κ1) is 8.78. The second kappa shape index (κ2) is 3.39. The van der Waals surface area contributed by atoms with Gasteiger partial charge in [-0.1, -0.05) is 6.58 Å². The van der Waals surface area contributed by atoms with Gasteiger partial charge < -0.3 is 4.90 Å². The Morgan fingerprint density at radius 2 is 2.17 bits per heavy atom. The summed E-state index contributed by atoms with van der Waals surface area (Å²) in [4.78, 5) is 6.30. The topological polar surface area (TPSA) is 16.1 Å². The van der Waals surface area contributed by atoms with Crippen LogP contribution >= 0.6 is 0 Å². The maximum atomic E-state index is 4.26. The zero-order valence-corrected chi connectivity index (χ0v) is 7.83. The van der Waals surface area contributed by atoms with Crippen LogP contribution in [0.1, 0.15) is 12.6 Å². The van der Waals surface area contributed by atoms with E-state index < -0.39 is 0 Å². The predicted molar refractivity (Wildman–Crippen MR) is 53.3 cm³/mol. The first-order chi connectivity index (χ1) is 5.63. The lowest BCUT2D eigenvalue weighted by molar-refractivity contribution is 1.10. The molecular formula is C10H14N2. The molecule has 0 fully saturated rings. The van der Waals surface area contributed by atoms with Crippen LogP contribution in [-0.2, 0) is 0 Å². The molecule has 64 valence electrons. The van der Waals surface area contributed by atoms with E-state index in [1.165, 1.54) is 0 Å². The van der Waals surface area contributed by atoms with E-state index in [9.17, 15) is 0 Å². The molecule has 0 spiro atoms. The molecule has 0 atom stereocenters. The molecule has 0 unspecified atom stereocenters. The third-order valence-electron chi connectivity index (χ3n) is 1.67. The Morgan fingerprint density at radius 3 is 2.58 bits per heavy atom. The summed E-state index contributed by atoms with van der Waals surface area (Å²) < 4.78 is 0. The van der Waals surface area contributed by atoms with Crippen molar-refractivity contribution in [3.8, 4) is 0 Å². The van der Waals surface area contributed by atoms with Gasteiger partial charge in [-0.25, -0.2) is 0 Å². The Bertz CT molecular complexity index is 290. The highest BCUT2D eigenvalue weighted by atomic mass is 15.1. The van der Waals surface area contributed by atoms with Crippen LogP contribution in [0.3, 0.4) is 0 Å². The summed E-state index contributed by atoms with van der Waals surface area (Å²) in [6.45, 7) is 5.85. The molecule has 2 nitrogen and oxygen atoms in total. The van der Waals surface area contributed by atoms with Gasteiger partial charge in [-0.3, -0.25) is 4.98 Å². The van der Waals surface area contributed by atoms with Crippen molar-refractivity contribution in [1.82, 2.24) is 4.98 Å². The van der Waals surface area contributed by atoms with Gasteiger partial charge in [-0.05, 0) is 24.6 Å². The van der Waals surface area contributed by atoms with E-state index in [4.69, 9.17) is 0 Å². The quantitative estimate of drug-likeness (QED) is 0.662. The fourth-order valence-corrected chi connectivity index (χ4v) is 1.09. The number of hydrogen-bond donors (Lipinski definition) is 0. The molecule has 12 heavy (non-hydrogen) atoms. The molecule has 0 aliphatic heterocycles. The number of rotatable bonds is 2. The molecule has 1 aromatic rings. The van der Waals surface area contributed by atoms with Crippen LogP contribution in [0.15, 0.2) is 24.9 Å². The van der Waals surface area contributed by atoms with Crippen molar-refractivity contribution in [2.24, 2.45) is 0 Å². The molecule has 0 aromatic carbocycles. The van der Waals surface area contributed by atoms with E-state index >= 15 is 0 Å². The normalized spacial score (nSPS) is 9.58. The smallest absolute Gasteiger partial charge is 0.0886 e. The van der Waals surface area contributed by atoms with Crippen LogP contribution in [0.5, 0.6) is 0 Å². The number of allylic oxidation sites excluding steroid dienone is 1. The zero-order chi connectivity index (χ0) is 9.14. The number of nitrogens with zero attached hydrogens (tertiary/aromatic N) is 2. The molecule has 1 heterocycles. The number of pyridine rings is 1. The Hall–Kier alpha value is -1.31. The molecule has 0 amide bonds. The standard InChI is InChI=1S/C10H14N2/c1-8(2)10-9(12(3)4)6-5-7-11-10/h5-7H,1H2,2-4H3. The molecule has 1 rings (SSSR count). The lowest BCUT2D eigenvalue weighted by atomic mass is 10.2. The zero-order valence-electron chi connectivity index (χ0n) is 7.83. The highest BCUT2D eigenvalue weighted by Gasteiger charge is 2.04. The van der Waals surface area contributed by atoms with Gasteiger partial charge >= 0.3 is 0 Å². The molecule has 0 aliphatic rings. The lowest BCUT2D eigenvalue weighted by Gasteiger charge is -2.15. The van der Waals surface area contributed by atoms with Gasteiger partial charge in [0.1, 0.15) is 0 Å². The Kier molecular flexibility index (Phi) is 2.48. The van der Waals surface area contributed by atoms with Gasteiger partial charge in [0.2, 0.25) is 0 Å². The Labute approximate surface area is 73.5 Å². The lowest BCUT2D eigenvalue weighted by Crippen LogP contribution is -2.11. The average molecular weight is 162 g/mol. The third-order valence-corrected chi connectivity index (χ3v) is 1.67. The van der Waals surface area contributed by atoms with Crippen LogP contribution in [0.25, 0.3) is 5.57 Å². The molecule has 1 aromatic heterocycles. The van der Waals surface area contributed by atoms with Crippen LogP contribution in [0.2, 0.25) is 0 Å². The summed E-state index contributed by atoms with van der Waals surface area (Å²) in [5.41, 5.74) is 3.09. The van der Waals surface area contributed by atoms with E-state index in [-0.39, 0.29) is 0 Å². The molecule has 0 N–H and O–H groups in total. The first-order valence-electron chi connectivity index (χ1n) is 3.91. The minimum Gasteiger partial charge on any atom is -0.376 e. The number of anilines is 1. The minimum atomic E-state index is 0.975. The fraction of sp³-hybridized carbons (Fsp3) is 0.300. The van der Waals surface area contributed by atoms with Crippen molar-refractivity contribution >= 4 is 11.3 Å². The first-order valence-corrected chi connectivity index (χ1v) is 3.91. The van der Waals surface area contributed by atoms with Gasteiger partial charge in [-0.15, -0.1) is 0 Å². The second-order valence-electron chi connectivity index (χ2n) is 3.05. The number of aromatic nitrogens is 1. The van der Waals surface area contributed by atoms with Gasteiger partial charge in [-0.2, -0.15) is 0 Å². The maximum Gasteiger partial charge on any atom is 0.0886 e. The molecule has 0 aliphatic carbocycles. The van der Waals surface area contributed by atoms with Gasteiger partial charge in [0.05, 0.1) is 11.4 Å². The van der Waals surface area contributed by atoms with Gasteiger partial charge in [0.15, 0.2) is 0 Å². The molecule has 0 bridgehead atoms. The fourth-order valence-electron chi connectivity index (χ4n) is 1.09. The molecule has 0 saturated heterocycles. The van der Waals surface area contributed by atoms with Crippen LogP contribution in [0.4, 0.5) is 5.69 Å². The van der Waals surface area contributed by atoms with Crippen molar-refractivity contribution in [3.05, 3.63) is 30.6 Å². The summed E-state index contributed by atoms with van der Waals surface area (Å²) in [5, 5.41) is 0. The number of hydrogen-bond acceptors (Lipinski definition) is 2. The highest BCUT2D eigenvalue weighted by Crippen LogP contribution is 2.21. The van der Waals surface area contributed by atoms with E-state index in [1.54, 1.807) is 6.20 Å². The summed E-state index contributed by atoms with van der Waals surface area (Å²) >= 11 is 0. The van der Waals surface area contributed by atoms with Crippen molar-refractivity contribution in [2.75, 3.05) is 19.0 Å². The summed E-state index contributed by atoms with van der Waals surface area (Å²) in [7, 11) is 4.01. The highest BCUT2D eigenvalue weighted by molar-refractivity contribution is 5.70. The SMILES string of the molecule is C=C(C)c1ncccc1N(C)C. The third kappa shape index (κ3) is 1.64. The van der Waals surface area contributed by atoms with E-state index in [0.29, 0.717) is 0 Å². The minimum absolute atomic E-state index is 0.975. The van der Waals surface area contributed by atoms with Crippen molar-refractivity contribution in [3.63, 3.8) is 0 Å². The molecular weight excluding hydrogens is 148 g/mol. The second-order valence-corrected chi connectivity index (χ2v) is 3.05. The van der Waals surface area contributed by atoms with Gasteiger partial charge in [0, 0.05) is 20.3 Å². The maximum absolute atomic E-state index is 4.26. The van der Waals surface area contributed by atoms with Crippen LogP contribution < -0.4 is 4.90 Å². The van der Waals surface area contributed by atoms with Crippen molar-refractivity contribution in [1.29, 1.82) is 0 Å². The monoisotopic (exact) mass is 162 g/mol.